The summed E-state index contributed by atoms with van der Waals surface area (Å²) in [6, 6.07) is 9.94. The van der Waals surface area contributed by atoms with Crippen LogP contribution >= 0.6 is 0 Å². The molecule has 1 aromatic rings. The quantitative estimate of drug-likeness (QED) is 0.864. The van der Waals surface area contributed by atoms with Crippen LogP contribution in [0.15, 0.2) is 24.3 Å². The van der Waals surface area contributed by atoms with E-state index in [0.29, 0.717) is 6.04 Å². The molecule has 0 amide bonds. The summed E-state index contributed by atoms with van der Waals surface area (Å²) in [7, 11) is 0. The van der Waals surface area contributed by atoms with E-state index >= 15 is 0 Å². The van der Waals surface area contributed by atoms with Gasteiger partial charge >= 0.3 is 0 Å². The topological polar surface area (TPSA) is 29.3 Å². The van der Waals surface area contributed by atoms with E-state index in [4.69, 9.17) is 5.73 Å². The van der Waals surface area contributed by atoms with Gasteiger partial charge in [-0.1, -0.05) is 24.3 Å². The van der Waals surface area contributed by atoms with Crippen LogP contribution in [0.4, 0.5) is 0 Å². The Morgan fingerprint density at radius 2 is 2.18 bits per heavy atom. The van der Waals surface area contributed by atoms with Crippen molar-refractivity contribution >= 4 is 0 Å². The first-order chi connectivity index (χ1) is 8.29. The van der Waals surface area contributed by atoms with E-state index in [2.05, 4.69) is 36.1 Å². The molecular formula is C15H22N2. The average molecular weight is 230 g/mol. The van der Waals surface area contributed by atoms with Gasteiger partial charge in [-0.05, 0) is 43.2 Å². The van der Waals surface area contributed by atoms with Gasteiger partial charge in [0.05, 0.1) is 0 Å². The lowest BCUT2D eigenvalue weighted by Crippen LogP contribution is -2.39. The van der Waals surface area contributed by atoms with Crippen molar-refractivity contribution in [2.75, 3.05) is 13.1 Å². The molecule has 2 bridgehead atoms. The van der Waals surface area contributed by atoms with E-state index in [1.165, 1.54) is 36.9 Å². The van der Waals surface area contributed by atoms with Crippen LogP contribution in [0.1, 0.15) is 36.4 Å². The minimum absolute atomic E-state index is 0.437. The number of aryl methyl sites for hydroxylation is 1. The number of hydrogen-bond acceptors (Lipinski definition) is 2. The summed E-state index contributed by atoms with van der Waals surface area (Å²) in [4.78, 5) is 2.66. The Morgan fingerprint density at radius 1 is 1.35 bits per heavy atom. The van der Waals surface area contributed by atoms with Crippen LogP contribution in [0.5, 0.6) is 0 Å². The average Bonchev–Trinajstić information content (AvgIpc) is 2.95. The zero-order valence-electron chi connectivity index (χ0n) is 10.6. The summed E-state index contributed by atoms with van der Waals surface area (Å²) < 4.78 is 0. The molecule has 1 aliphatic carbocycles. The molecule has 3 rings (SSSR count). The second kappa shape index (κ2) is 4.43. The molecule has 2 heteroatoms. The fourth-order valence-corrected chi connectivity index (χ4v) is 3.75. The first-order valence-electron chi connectivity index (χ1n) is 6.81. The Hall–Kier alpha value is -0.860. The van der Waals surface area contributed by atoms with Crippen LogP contribution in [0.2, 0.25) is 0 Å². The molecule has 1 saturated carbocycles. The van der Waals surface area contributed by atoms with Crippen molar-refractivity contribution in [2.24, 2.45) is 11.7 Å². The van der Waals surface area contributed by atoms with Crippen molar-refractivity contribution in [1.82, 2.24) is 4.90 Å². The summed E-state index contributed by atoms with van der Waals surface area (Å²) >= 11 is 0. The second-order valence-electron chi connectivity index (χ2n) is 5.64. The number of rotatable bonds is 3. The van der Waals surface area contributed by atoms with E-state index in [1.807, 2.05) is 0 Å². The SMILES string of the molecule is Cc1ccccc1C(CN)N1CC2CCC1C2. The highest BCUT2D eigenvalue weighted by Crippen LogP contribution is 2.42. The molecule has 2 nitrogen and oxygen atoms in total. The predicted molar refractivity (Wildman–Crippen MR) is 70.8 cm³/mol. The largest absolute Gasteiger partial charge is 0.329 e. The van der Waals surface area contributed by atoms with Gasteiger partial charge in [-0.25, -0.2) is 0 Å². The minimum atomic E-state index is 0.437. The number of benzene rings is 1. The van der Waals surface area contributed by atoms with Crippen LogP contribution < -0.4 is 5.73 Å². The second-order valence-corrected chi connectivity index (χ2v) is 5.64. The fraction of sp³-hybridized carbons (Fsp3) is 0.600. The van der Waals surface area contributed by atoms with Crippen molar-refractivity contribution in [3.8, 4) is 0 Å². The fourth-order valence-electron chi connectivity index (χ4n) is 3.75. The Balaban J connectivity index is 1.87. The molecule has 3 atom stereocenters. The smallest absolute Gasteiger partial charge is 0.0476 e. The third-order valence-corrected chi connectivity index (χ3v) is 4.62. The molecule has 2 N–H and O–H groups in total. The van der Waals surface area contributed by atoms with Gasteiger partial charge in [0, 0.05) is 25.2 Å². The van der Waals surface area contributed by atoms with Gasteiger partial charge in [-0.2, -0.15) is 0 Å². The van der Waals surface area contributed by atoms with Gasteiger partial charge in [0.2, 0.25) is 0 Å². The Labute approximate surface area is 104 Å². The number of piperidine rings is 1. The standard InChI is InChI=1S/C15H22N2/c1-11-4-2-3-5-14(11)15(9-16)17-10-12-6-7-13(17)8-12/h2-5,12-13,15H,6-10,16H2,1H3. The molecule has 1 heterocycles. The summed E-state index contributed by atoms with van der Waals surface area (Å²) in [5, 5.41) is 0. The highest BCUT2D eigenvalue weighted by molar-refractivity contribution is 5.29. The van der Waals surface area contributed by atoms with Crippen molar-refractivity contribution in [2.45, 2.75) is 38.3 Å². The number of likely N-dealkylation sites (tertiary alicyclic amines) is 1. The van der Waals surface area contributed by atoms with E-state index in [0.717, 1.165) is 18.5 Å². The van der Waals surface area contributed by atoms with Crippen molar-refractivity contribution in [3.63, 3.8) is 0 Å². The van der Waals surface area contributed by atoms with Gasteiger partial charge in [-0.15, -0.1) is 0 Å². The lowest BCUT2D eigenvalue weighted by Gasteiger charge is -2.35. The van der Waals surface area contributed by atoms with Crippen molar-refractivity contribution < 1.29 is 0 Å². The highest BCUT2D eigenvalue weighted by atomic mass is 15.2. The Morgan fingerprint density at radius 3 is 2.76 bits per heavy atom. The summed E-state index contributed by atoms with van der Waals surface area (Å²) in [5.41, 5.74) is 8.86. The number of nitrogens with two attached hydrogens (primary N) is 1. The molecular weight excluding hydrogens is 208 g/mol. The lowest BCUT2D eigenvalue weighted by atomic mass is 9.98. The molecule has 92 valence electrons. The summed E-state index contributed by atoms with van der Waals surface area (Å²) in [5.74, 6) is 0.943. The van der Waals surface area contributed by atoms with Gasteiger partial charge in [0.15, 0.2) is 0 Å². The first kappa shape index (κ1) is 11.2. The van der Waals surface area contributed by atoms with Gasteiger partial charge < -0.3 is 5.73 Å². The normalized spacial score (nSPS) is 29.8. The maximum atomic E-state index is 6.04. The molecule has 0 aromatic heterocycles. The third-order valence-electron chi connectivity index (χ3n) is 4.62. The number of nitrogens with zero attached hydrogens (tertiary/aromatic N) is 1. The van der Waals surface area contributed by atoms with E-state index in [-0.39, 0.29) is 0 Å². The van der Waals surface area contributed by atoms with Crippen molar-refractivity contribution in [1.29, 1.82) is 0 Å². The molecule has 3 unspecified atom stereocenters. The molecule has 1 saturated heterocycles. The predicted octanol–water partition coefficient (Wildman–Crippen LogP) is 2.48. The maximum Gasteiger partial charge on any atom is 0.0476 e. The molecule has 17 heavy (non-hydrogen) atoms. The van der Waals surface area contributed by atoms with E-state index in [1.54, 1.807) is 0 Å². The number of hydrogen-bond donors (Lipinski definition) is 1. The lowest BCUT2D eigenvalue weighted by molar-refractivity contribution is 0.152. The van der Waals surface area contributed by atoms with E-state index < -0.39 is 0 Å². The van der Waals surface area contributed by atoms with Gasteiger partial charge in [0.25, 0.3) is 0 Å². The Bertz CT molecular complexity index is 402. The summed E-state index contributed by atoms with van der Waals surface area (Å²) in [6.07, 6.45) is 4.22. The molecule has 0 spiro atoms. The Kier molecular flexibility index (Phi) is 2.93. The molecule has 1 aliphatic heterocycles. The van der Waals surface area contributed by atoms with Crippen LogP contribution in [-0.4, -0.2) is 24.0 Å². The minimum Gasteiger partial charge on any atom is -0.329 e. The van der Waals surface area contributed by atoms with Gasteiger partial charge in [-0.3, -0.25) is 4.90 Å². The maximum absolute atomic E-state index is 6.04. The first-order valence-corrected chi connectivity index (χ1v) is 6.81. The van der Waals surface area contributed by atoms with Crippen LogP contribution in [0, 0.1) is 12.8 Å². The molecule has 2 aliphatic rings. The van der Waals surface area contributed by atoms with Gasteiger partial charge in [0.1, 0.15) is 0 Å². The third kappa shape index (κ3) is 1.90. The van der Waals surface area contributed by atoms with Crippen LogP contribution in [0.25, 0.3) is 0 Å². The van der Waals surface area contributed by atoms with Crippen LogP contribution in [-0.2, 0) is 0 Å². The van der Waals surface area contributed by atoms with Crippen LogP contribution in [0.3, 0.4) is 0 Å². The monoisotopic (exact) mass is 230 g/mol. The summed E-state index contributed by atoms with van der Waals surface area (Å²) in [6.45, 7) is 4.21. The number of fused-ring (bicyclic) bond motifs is 2. The van der Waals surface area contributed by atoms with E-state index in [9.17, 15) is 0 Å². The zero-order valence-corrected chi connectivity index (χ0v) is 10.6. The zero-order chi connectivity index (χ0) is 11.8. The van der Waals surface area contributed by atoms with Crippen molar-refractivity contribution in [3.05, 3.63) is 35.4 Å². The molecule has 0 radical (unpaired) electrons. The molecule has 1 aromatic carbocycles. The highest BCUT2D eigenvalue weighted by Gasteiger charge is 2.41. The molecule has 2 fully saturated rings.